The average molecular weight is 1170 g/mol. The molecule has 10 heterocycles. The summed E-state index contributed by atoms with van der Waals surface area (Å²) in [6.07, 6.45) is 14.9. The number of aromatic nitrogens is 6. The minimum absolute atomic E-state index is 0.0909. The van der Waals surface area contributed by atoms with Crippen LogP contribution in [0.4, 0.5) is 23.0 Å². The van der Waals surface area contributed by atoms with Crippen LogP contribution in [0.3, 0.4) is 0 Å². The molecule has 6 aliphatic heterocycles. The van der Waals surface area contributed by atoms with E-state index in [1.807, 2.05) is 93.3 Å². The Bertz CT molecular complexity index is 3310. The van der Waals surface area contributed by atoms with Crippen LogP contribution in [0.2, 0.25) is 0 Å². The zero-order valence-electron chi connectivity index (χ0n) is 50.5. The highest BCUT2D eigenvalue weighted by Crippen LogP contribution is 2.51. The maximum atomic E-state index is 14.4. The van der Waals surface area contributed by atoms with Gasteiger partial charge in [-0.05, 0) is 162 Å². The number of likely N-dealkylation sites (tertiary alicyclic amines) is 3. The first-order chi connectivity index (χ1) is 41.7. The Kier molecular flexibility index (Phi) is 16.4. The zero-order chi connectivity index (χ0) is 59.2. The van der Waals surface area contributed by atoms with Gasteiger partial charge in [0.25, 0.3) is 0 Å². The van der Waals surface area contributed by atoms with Crippen molar-refractivity contribution in [1.82, 2.24) is 50.1 Å². The molecule has 456 valence electrons. The standard InChI is InChI=1S/C66H86N14O6/c1-42(2)62(65(84)79-41-51(81)32-57(79)64(83)70-43(3)46-9-11-47(12-10-46)55-16-24-69-74(55)4)59-34-60(73-86-59)77-27-19-45(20-28-77)37-75-25-17-44(18-26-75)38-76-29-21-66(22-30-76)35-52(36-66)85-61-31-48(15-23-68-61)80-49-13-14-50(80)40-78(39-49)56-33-54(71-72-63(56)67)53-7-5-6-8-58(53)82/h5-12,15-16,23-24,31,33-34,42-45,49-52,57,62,81-82H,13-14,17-22,25-30,32,35-41H2,1-4H3,(H2,67,72)(H,70,83)/t43-,49?,50?,51+,57-,62-/m0/s1. The molecule has 20 heteroatoms. The number of carbonyl (C=O) groups is 2. The molecule has 1 saturated carbocycles. The van der Waals surface area contributed by atoms with Gasteiger partial charge in [-0.1, -0.05) is 55.4 Å². The number of phenolic OH excluding ortho intramolecular Hbond substituents is 1. The number of nitrogens with one attached hydrogen (secondary N) is 1. The summed E-state index contributed by atoms with van der Waals surface area (Å²) in [5.41, 5.74) is 13.1. The molecule has 2 amide bonds. The number of hydrogen-bond acceptors (Lipinski definition) is 17. The number of anilines is 4. The monoisotopic (exact) mass is 1170 g/mol. The number of amides is 2. The number of piperidine rings is 3. The maximum Gasteiger partial charge on any atom is 0.243 e. The summed E-state index contributed by atoms with van der Waals surface area (Å²) < 4.78 is 14.4. The van der Waals surface area contributed by atoms with E-state index in [1.54, 1.807) is 23.2 Å². The van der Waals surface area contributed by atoms with Gasteiger partial charge < -0.3 is 59.9 Å². The molecule has 0 radical (unpaired) electrons. The number of piperazine rings is 1. The highest BCUT2D eigenvalue weighted by molar-refractivity contribution is 5.91. The van der Waals surface area contributed by atoms with E-state index in [-0.39, 0.29) is 48.6 Å². The number of phenols is 1. The van der Waals surface area contributed by atoms with Crippen molar-refractivity contribution in [3.8, 4) is 34.1 Å². The molecule has 20 nitrogen and oxygen atoms in total. The molecule has 7 fully saturated rings. The smallest absolute Gasteiger partial charge is 0.243 e. The Morgan fingerprint density at radius 2 is 1.50 bits per heavy atom. The van der Waals surface area contributed by atoms with E-state index in [9.17, 15) is 19.8 Å². The van der Waals surface area contributed by atoms with Gasteiger partial charge in [0.15, 0.2) is 17.4 Å². The zero-order valence-corrected chi connectivity index (χ0v) is 50.5. The highest BCUT2D eigenvalue weighted by atomic mass is 16.5. The molecule has 6 atom stereocenters. The lowest BCUT2D eigenvalue weighted by Crippen LogP contribution is -2.54. The van der Waals surface area contributed by atoms with Crippen LogP contribution >= 0.6 is 0 Å². The number of aryl methyl sites for hydroxylation is 1. The Morgan fingerprint density at radius 3 is 2.19 bits per heavy atom. The summed E-state index contributed by atoms with van der Waals surface area (Å²) >= 11 is 0. The van der Waals surface area contributed by atoms with Crippen LogP contribution in [0.25, 0.3) is 22.5 Å². The SMILES string of the molecule is CC(C)[C@H](C(=O)N1C[C@H](O)C[C@H]1C(=O)N[C@@H](C)c1ccc(-c2ccnn2C)cc1)c1cc(N2CCC(CN3CCC(CN4CCC5(CC4)CC(Oc4cc(N6C7CCC6CN(c6cc(-c8ccccc8O)nnc6N)C7)ccn4)C5)CC3)CC2)no1. The lowest BCUT2D eigenvalue weighted by atomic mass is 9.61. The van der Waals surface area contributed by atoms with Gasteiger partial charge in [-0.3, -0.25) is 14.3 Å². The van der Waals surface area contributed by atoms with E-state index in [0.717, 1.165) is 111 Å². The van der Waals surface area contributed by atoms with Gasteiger partial charge in [0, 0.05) is 107 Å². The van der Waals surface area contributed by atoms with Gasteiger partial charge in [-0.15, -0.1) is 10.2 Å². The minimum atomic E-state index is -0.798. The number of nitrogens with two attached hydrogens (primary N) is 1. The summed E-state index contributed by atoms with van der Waals surface area (Å²) in [6.45, 7) is 16.5. The van der Waals surface area contributed by atoms with Crippen molar-refractivity contribution in [3.05, 3.63) is 103 Å². The van der Waals surface area contributed by atoms with Crippen LogP contribution in [0, 0.1) is 23.2 Å². The maximum absolute atomic E-state index is 14.4. The fraction of sp³-hybridized carbons (Fsp3) is 0.561. The molecule has 6 aromatic rings. The van der Waals surface area contributed by atoms with Crippen LogP contribution in [-0.4, -0.2) is 169 Å². The number of hydrogen-bond donors (Lipinski definition) is 4. The van der Waals surface area contributed by atoms with Crippen molar-refractivity contribution in [2.75, 3.05) is 92.4 Å². The first-order valence-electron chi connectivity index (χ1n) is 31.8. The van der Waals surface area contributed by atoms with Crippen molar-refractivity contribution in [1.29, 1.82) is 0 Å². The van der Waals surface area contributed by atoms with Crippen molar-refractivity contribution in [3.63, 3.8) is 0 Å². The van der Waals surface area contributed by atoms with Crippen LogP contribution in [-0.2, 0) is 16.6 Å². The number of pyridine rings is 1. The number of nitrogen functional groups attached to an aromatic ring is 1. The largest absolute Gasteiger partial charge is 0.507 e. The predicted octanol–water partition coefficient (Wildman–Crippen LogP) is 7.90. The summed E-state index contributed by atoms with van der Waals surface area (Å²) in [4.78, 5) is 47.2. The average Bonchev–Trinajstić information content (AvgIpc) is 2.65. The molecule has 1 aliphatic carbocycles. The molecule has 2 unspecified atom stereocenters. The van der Waals surface area contributed by atoms with Gasteiger partial charge in [-0.25, -0.2) is 4.98 Å². The van der Waals surface area contributed by atoms with Crippen LogP contribution in [0.5, 0.6) is 11.6 Å². The molecular weight excluding hydrogens is 1080 g/mol. The number of para-hydroxylation sites is 1. The summed E-state index contributed by atoms with van der Waals surface area (Å²) in [5, 5.41) is 41.8. The van der Waals surface area contributed by atoms with Gasteiger partial charge in [0.05, 0.1) is 29.2 Å². The van der Waals surface area contributed by atoms with Crippen molar-refractivity contribution < 1.29 is 29.1 Å². The number of aromatic hydroxyl groups is 1. The summed E-state index contributed by atoms with van der Waals surface area (Å²) in [6, 6.07) is 24.9. The van der Waals surface area contributed by atoms with Gasteiger partial charge in [-0.2, -0.15) is 5.10 Å². The van der Waals surface area contributed by atoms with E-state index in [0.29, 0.717) is 46.3 Å². The molecule has 2 bridgehead atoms. The van der Waals surface area contributed by atoms with E-state index in [1.165, 1.54) is 64.1 Å². The molecule has 13 rings (SSSR count). The molecule has 4 aromatic heterocycles. The molecule has 7 aliphatic rings. The lowest BCUT2D eigenvalue weighted by Gasteiger charge is -2.52. The summed E-state index contributed by atoms with van der Waals surface area (Å²) in [7, 11) is 1.91. The third kappa shape index (κ3) is 12.1. The Morgan fingerprint density at radius 1 is 0.802 bits per heavy atom. The lowest BCUT2D eigenvalue weighted by molar-refractivity contribution is -0.141. The highest BCUT2D eigenvalue weighted by Gasteiger charge is 2.48. The van der Waals surface area contributed by atoms with E-state index in [4.69, 9.17) is 20.0 Å². The number of nitrogens with zero attached hydrogens (tertiary/aromatic N) is 12. The van der Waals surface area contributed by atoms with Gasteiger partial charge in [0.1, 0.15) is 23.8 Å². The first kappa shape index (κ1) is 57.8. The van der Waals surface area contributed by atoms with Crippen molar-refractivity contribution in [2.45, 2.75) is 134 Å². The van der Waals surface area contributed by atoms with Crippen molar-refractivity contribution in [2.24, 2.45) is 30.2 Å². The first-order valence-corrected chi connectivity index (χ1v) is 31.8. The van der Waals surface area contributed by atoms with E-state index < -0.39 is 18.1 Å². The second-order valence-electron chi connectivity index (χ2n) is 26.6. The topological polar surface area (TPSA) is 224 Å². The number of β-amino-alcohol motifs (C(OH)–C–C–N with tert-alkyl or cyclic N) is 1. The second kappa shape index (κ2) is 24.5. The Balaban J connectivity index is 0.521. The van der Waals surface area contributed by atoms with Gasteiger partial charge in [0.2, 0.25) is 17.7 Å². The third-order valence-electron chi connectivity index (χ3n) is 20.5. The normalized spacial score (nSPS) is 23.9. The number of benzene rings is 2. The molecule has 1 spiro atoms. The van der Waals surface area contributed by atoms with E-state index in [2.05, 4.69) is 62.4 Å². The van der Waals surface area contributed by atoms with Crippen LogP contribution < -0.4 is 30.5 Å². The number of aliphatic hydroxyl groups is 1. The number of rotatable bonds is 17. The number of ether oxygens (including phenoxy) is 1. The molecular formula is C66H86N14O6. The third-order valence-corrected chi connectivity index (χ3v) is 20.5. The Labute approximate surface area is 505 Å². The van der Waals surface area contributed by atoms with Gasteiger partial charge >= 0.3 is 0 Å². The van der Waals surface area contributed by atoms with Crippen LogP contribution in [0.15, 0.2) is 95.8 Å². The molecule has 6 saturated heterocycles. The number of aliphatic hydroxyl groups excluding tert-OH is 1. The molecule has 2 aromatic carbocycles. The molecule has 5 N–H and O–H groups in total. The number of carbonyl (C=O) groups excluding carboxylic acids is 2. The Hall–Kier alpha value is -7.29. The second-order valence-corrected chi connectivity index (χ2v) is 26.6. The fourth-order valence-electron chi connectivity index (χ4n) is 15.6. The quantitative estimate of drug-likeness (QED) is 0.0681. The number of fused-ring (bicyclic) bond motifs is 2. The van der Waals surface area contributed by atoms with Crippen molar-refractivity contribution >= 4 is 34.8 Å². The van der Waals surface area contributed by atoms with E-state index >= 15 is 0 Å². The van der Waals surface area contributed by atoms with Crippen LogP contribution in [0.1, 0.15) is 115 Å². The minimum Gasteiger partial charge on any atom is -0.507 e. The fourth-order valence-corrected chi connectivity index (χ4v) is 15.6. The molecule has 86 heavy (non-hydrogen) atoms. The predicted molar refractivity (Wildman–Crippen MR) is 331 cm³/mol. The summed E-state index contributed by atoms with van der Waals surface area (Å²) in [5.74, 6) is 2.68.